The van der Waals surface area contributed by atoms with Gasteiger partial charge in [0.2, 0.25) is 0 Å². The lowest BCUT2D eigenvalue weighted by Gasteiger charge is -2.27. The first-order chi connectivity index (χ1) is 12.7. The van der Waals surface area contributed by atoms with E-state index in [0.717, 1.165) is 12.1 Å². The van der Waals surface area contributed by atoms with Gasteiger partial charge in [-0.3, -0.25) is 4.79 Å². The summed E-state index contributed by atoms with van der Waals surface area (Å²) < 4.78 is 52.2. The predicted molar refractivity (Wildman–Crippen MR) is 96.9 cm³/mol. The van der Waals surface area contributed by atoms with E-state index < -0.39 is 23.5 Å². The molecular weight excluding hydrogens is 430 g/mol. The van der Waals surface area contributed by atoms with E-state index in [9.17, 15) is 22.4 Å². The van der Waals surface area contributed by atoms with Crippen LogP contribution in [0.25, 0.3) is 0 Å². The number of hydrogen-bond donors (Lipinski definition) is 1. The van der Waals surface area contributed by atoms with Crippen LogP contribution < -0.4 is 10.2 Å². The van der Waals surface area contributed by atoms with Gasteiger partial charge in [-0.15, -0.1) is 0 Å². The van der Waals surface area contributed by atoms with E-state index in [1.54, 1.807) is 11.0 Å². The van der Waals surface area contributed by atoms with Crippen molar-refractivity contribution in [2.75, 3.05) is 23.3 Å². The van der Waals surface area contributed by atoms with Gasteiger partial charge in [-0.1, -0.05) is 6.08 Å². The second-order valence-corrected chi connectivity index (χ2v) is 6.83. The van der Waals surface area contributed by atoms with Crippen LogP contribution in [0.3, 0.4) is 0 Å². The first kappa shape index (κ1) is 19.3. The van der Waals surface area contributed by atoms with Crippen LogP contribution in [0, 0.1) is 5.82 Å². The Balaban J connectivity index is 1.64. The minimum absolute atomic E-state index is 0.205. The van der Waals surface area contributed by atoms with E-state index >= 15 is 0 Å². The van der Waals surface area contributed by atoms with Gasteiger partial charge < -0.3 is 10.2 Å². The molecular formula is C18H14BrF4N3O. The quantitative estimate of drug-likeness (QED) is 0.694. The molecule has 0 aliphatic carbocycles. The Morgan fingerprint density at radius 2 is 1.93 bits per heavy atom. The molecule has 2 heterocycles. The van der Waals surface area contributed by atoms with Gasteiger partial charge in [-0.2, -0.15) is 13.2 Å². The number of amides is 1. The second-order valence-electron chi connectivity index (χ2n) is 5.91. The van der Waals surface area contributed by atoms with Crippen molar-refractivity contribution in [3.8, 4) is 0 Å². The van der Waals surface area contributed by atoms with Crippen molar-refractivity contribution in [3.63, 3.8) is 0 Å². The maximum absolute atomic E-state index is 14.0. The van der Waals surface area contributed by atoms with E-state index in [0.29, 0.717) is 29.6 Å². The van der Waals surface area contributed by atoms with Crippen molar-refractivity contribution >= 4 is 33.3 Å². The lowest BCUT2D eigenvalue weighted by atomic mass is 10.1. The van der Waals surface area contributed by atoms with Gasteiger partial charge in [-0.25, -0.2) is 9.37 Å². The number of carbonyl (C=O) groups excluding carboxylic acids is 1. The highest BCUT2D eigenvalue weighted by Gasteiger charge is 2.30. The lowest BCUT2D eigenvalue weighted by Crippen LogP contribution is -2.32. The standard InChI is InChI=1S/C18H14BrF4N3O/c19-13-9-15(20)16(24-10-13)26-7-5-11(6-8-26)17(27)25-14-3-1-12(2-4-14)18(21,22)23/h1-5,9-10H,6-8H2,(H,25,27). The number of carbonyl (C=O) groups is 1. The largest absolute Gasteiger partial charge is 0.416 e. The topological polar surface area (TPSA) is 45.2 Å². The van der Waals surface area contributed by atoms with E-state index in [1.807, 2.05) is 0 Å². The van der Waals surface area contributed by atoms with Crippen molar-refractivity contribution in [3.05, 3.63) is 64.0 Å². The molecule has 27 heavy (non-hydrogen) atoms. The first-order valence-corrected chi connectivity index (χ1v) is 8.77. The van der Waals surface area contributed by atoms with E-state index in [4.69, 9.17) is 0 Å². The van der Waals surface area contributed by atoms with Crippen LogP contribution >= 0.6 is 15.9 Å². The average molecular weight is 444 g/mol. The third kappa shape index (κ3) is 4.65. The summed E-state index contributed by atoms with van der Waals surface area (Å²) in [4.78, 5) is 18.0. The van der Waals surface area contributed by atoms with E-state index in [1.165, 1.54) is 24.4 Å². The molecule has 0 spiro atoms. The summed E-state index contributed by atoms with van der Waals surface area (Å²) in [5.41, 5.74) is -0.0161. The summed E-state index contributed by atoms with van der Waals surface area (Å²) in [5, 5.41) is 2.57. The normalized spacial score (nSPS) is 14.7. The molecule has 0 saturated carbocycles. The van der Waals surface area contributed by atoms with Gasteiger partial charge in [0.05, 0.1) is 5.56 Å². The van der Waals surface area contributed by atoms with Crippen LogP contribution in [0.4, 0.5) is 29.1 Å². The summed E-state index contributed by atoms with van der Waals surface area (Å²) in [7, 11) is 0. The number of halogens is 5. The maximum Gasteiger partial charge on any atom is 0.416 e. The molecule has 4 nitrogen and oxygen atoms in total. The molecule has 3 rings (SSSR count). The number of nitrogens with zero attached hydrogens (tertiary/aromatic N) is 2. The number of pyridine rings is 1. The Morgan fingerprint density at radius 1 is 1.22 bits per heavy atom. The zero-order valence-corrected chi connectivity index (χ0v) is 15.4. The first-order valence-electron chi connectivity index (χ1n) is 7.97. The summed E-state index contributed by atoms with van der Waals surface area (Å²) in [5.74, 6) is -0.647. The molecule has 2 aromatic rings. The Bertz CT molecular complexity index is 881. The third-order valence-corrected chi connectivity index (χ3v) is 4.49. The zero-order valence-electron chi connectivity index (χ0n) is 13.9. The predicted octanol–water partition coefficient (Wildman–Crippen LogP) is 4.78. The van der Waals surface area contributed by atoms with Gasteiger partial charge in [0.1, 0.15) is 0 Å². The van der Waals surface area contributed by atoms with Crippen LogP contribution in [0.5, 0.6) is 0 Å². The monoisotopic (exact) mass is 443 g/mol. The van der Waals surface area contributed by atoms with Crippen molar-refractivity contribution in [2.45, 2.75) is 12.6 Å². The smallest absolute Gasteiger partial charge is 0.350 e. The summed E-state index contributed by atoms with van der Waals surface area (Å²) in [6.07, 6.45) is -0.904. The van der Waals surface area contributed by atoms with Crippen molar-refractivity contribution in [1.82, 2.24) is 4.98 Å². The van der Waals surface area contributed by atoms with Gasteiger partial charge >= 0.3 is 6.18 Å². The highest BCUT2D eigenvalue weighted by molar-refractivity contribution is 9.10. The molecule has 0 fully saturated rings. The molecule has 0 atom stereocenters. The number of rotatable bonds is 3. The third-order valence-electron chi connectivity index (χ3n) is 4.06. The van der Waals surface area contributed by atoms with Crippen LogP contribution in [0.15, 0.2) is 52.7 Å². The van der Waals surface area contributed by atoms with Crippen molar-refractivity contribution in [2.24, 2.45) is 0 Å². The fraction of sp³-hybridized carbons (Fsp3) is 0.222. The fourth-order valence-corrected chi connectivity index (χ4v) is 2.97. The minimum Gasteiger partial charge on any atom is -0.350 e. The Hall–Kier alpha value is -2.42. The Morgan fingerprint density at radius 3 is 2.48 bits per heavy atom. The molecule has 0 unspecified atom stereocenters. The van der Waals surface area contributed by atoms with Crippen LogP contribution in [-0.2, 0) is 11.0 Å². The highest BCUT2D eigenvalue weighted by atomic mass is 79.9. The summed E-state index contributed by atoms with van der Waals surface area (Å²) in [6.45, 7) is 0.707. The number of anilines is 2. The molecule has 1 amide bonds. The van der Waals surface area contributed by atoms with Crippen LogP contribution in [0.2, 0.25) is 0 Å². The second kappa shape index (κ2) is 7.67. The fourth-order valence-electron chi connectivity index (χ4n) is 2.66. The number of hydrogen-bond acceptors (Lipinski definition) is 3. The van der Waals surface area contributed by atoms with Crippen molar-refractivity contribution in [1.29, 1.82) is 0 Å². The molecule has 0 saturated heterocycles. The van der Waals surface area contributed by atoms with Gasteiger partial charge in [0.15, 0.2) is 11.6 Å². The van der Waals surface area contributed by atoms with Gasteiger partial charge in [0.25, 0.3) is 5.91 Å². The molecule has 0 radical (unpaired) electrons. The maximum atomic E-state index is 14.0. The summed E-state index contributed by atoms with van der Waals surface area (Å²) in [6, 6.07) is 5.55. The number of nitrogens with one attached hydrogen (secondary N) is 1. The molecule has 142 valence electrons. The SMILES string of the molecule is O=C(Nc1ccc(C(F)(F)F)cc1)C1=CCN(c2ncc(Br)cc2F)CC1. The highest BCUT2D eigenvalue weighted by Crippen LogP contribution is 2.30. The Kier molecular flexibility index (Phi) is 5.50. The Labute approximate surface area is 161 Å². The minimum atomic E-state index is -4.42. The van der Waals surface area contributed by atoms with E-state index in [2.05, 4.69) is 26.2 Å². The van der Waals surface area contributed by atoms with Crippen molar-refractivity contribution < 1.29 is 22.4 Å². The number of aromatic nitrogens is 1. The summed E-state index contributed by atoms with van der Waals surface area (Å²) >= 11 is 3.15. The van der Waals surface area contributed by atoms with E-state index in [-0.39, 0.29) is 11.5 Å². The molecule has 0 bridgehead atoms. The average Bonchev–Trinajstić information content (AvgIpc) is 2.61. The van der Waals surface area contributed by atoms with Crippen LogP contribution in [-0.4, -0.2) is 24.0 Å². The van der Waals surface area contributed by atoms with Crippen LogP contribution in [0.1, 0.15) is 12.0 Å². The van der Waals surface area contributed by atoms with Gasteiger partial charge in [-0.05, 0) is 52.7 Å². The zero-order chi connectivity index (χ0) is 19.6. The molecule has 1 N–H and O–H groups in total. The number of benzene rings is 1. The lowest BCUT2D eigenvalue weighted by molar-refractivity contribution is -0.137. The molecule has 1 aliphatic rings. The number of alkyl halides is 3. The molecule has 9 heteroatoms. The molecule has 1 aromatic carbocycles. The molecule has 1 aromatic heterocycles. The van der Waals surface area contributed by atoms with Gasteiger partial charge in [0, 0.05) is 35.0 Å². The molecule has 1 aliphatic heterocycles.